The van der Waals surface area contributed by atoms with Crippen molar-refractivity contribution in [1.29, 1.82) is 0 Å². The highest BCUT2D eigenvalue weighted by atomic mass is 15.2. The first kappa shape index (κ1) is 12.7. The van der Waals surface area contributed by atoms with Gasteiger partial charge < -0.3 is 9.80 Å². The number of anilines is 2. The molecular weight excluding hydrogens is 236 g/mol. The number of aromatic nitrogens is 2. The Morgan fingerprint density at radius 3 is 2.74 bits per heavy atom. The van der Waals surface area contributed by atoms with Crippen LogP contribution in [0.15, 0.2) is 12.4 Å². The molecule has 0 atom stereocenters. The van der Waals surface area contributed by atoms with Crippen LogP contribution in [-0.2, 0) is 0 Å². The lowest BCUT2D eigenvalue weighted by molar-refractivity contribution is 0.573. The van der Waals surface area contributed by atoms with Crippen molar-refractivity contribution >= 4 is 11.6 Å². The minimum Gasteiger partial charge on any atom is -0.360 e. The lowest BCUT2D eigenvalue weighted by atomic mass is 10.1. The molecule has 0 amide bonds. The lowest BCUT2D eigenvalue weighted by Gasteiger charge is -2.28. The van der Waals surface area contributed by atoms with Crippen LogP contribution in [0.1, 0.15) is 38.5 Å². The summed E-state index contributed by atoms with van der Waals surface area (Å²) in [6.07, 6.45) is 9.81. The second kappa shape index (κ2) is 5.76. The fourth-order valence-electron chi connectivity index (χ4n) is 2.74. The van der Waals surface area contributed by atoms with Gasteiger partial charge in [-0.1, -0.05) is 12.8 Å². The van der Waals surface area contributed by atoms with E-state index in [1.54, 1.807) is 6.33 Å². The Kier molecular flexibility index (Phi) is 3.85. The van der Waals surface area contributed by atoms with Gasteiger partial charge in [-0.3, -0.25) is 0 Å². The SMILES string of the molecule is CN(CCC1CC1)c1cc(N2CCCCC2)ncn1. The summed E-state index contributed by atoms with van der Waals surface area (Å²) in [5.41, 5.74) is 0. The lowest BCUT2D eigenvalue weighted by Crippen LogP contribution is -2.30. The summed E-state index contributed by atoms with van der Waals surface area (Å²) in [5.74, 6) is 3.14. The Labute approximate surface area is 115 Å². The van der Waals surface area contributed by atoms with E-state index in [2.05, 4.69) is 32.9 Å². The van der Waals surface area contributed by atoms with E-state index in [1.807, 2.05) is 0 Å². The molecule has 4 heteroatoms. The molecule has 2 aliphatic rings. The largest absolute Gasteiger partial charge is 0.360 e. The topological polar surface area (TPSA) is 32.3 Å². The standard InChI is InChI=1S/C15H24N4/c1-18(10-7-13-5-6-13)14-11-15(17-12-16-14)19-8-3-2-4-9-19/h11-13H,2-10H2,1H3. The Morgan fingerprint density at radius 2 is 2.00 bits per heavy atom. The van der Waals surface area contributed by atoms with Gasteiger partial charge in [-0.05, 0) is 31.6 Å². The summed E-state index contributed by atoms with van der Waals surface area (Å²) in [6, 6.07) is 2.15. The summed E-state index contributed by atoms with van der Waals surface area (Å²) in [7, 11) is 2.14. The van der Waals surface area contributed by atoms with Crippen LogP contribution in [-0.4, -0.2) is 36.6 Å². The molecule has 2 fully saturated rings. The van der Waals surface area contributed by atoms with Crippen molar-refractivity contribution in [2.24, 2.45) is 5.92 Å². The van der Waals surface area contributed by atoms with Gasteiger partial charge in [0, 0.05) is 32.7 Å². The molecule has 1 aliphatic carbocycles. The molecule has 3 rings (SSSR count). The number of hydrogen-bond donors (Lipinski definition) is 0. The van der Waals surface area contributed by atoms with E-state index in [4.69, 9.17) is 0 Å². The molecule has 0 unspecified atom stereocenters. The van der Waals surface area contributed by atoms with Gasteiger partial charge in [-0.25, -0.2) is 9.97 Å². The summed E-state index contributed by atoms with van der Waals surface area (Å²) in [4.78, 5) is 13.5. The normalized spacial score (nSPS) is 19.5. The first-order chi connectivity index (χ1) is 9.33. The Hall–Kier alpha value is -1.32. The van der Waals surface area contributed by atoms with E-state index in [0.29, 0.717) is 0 Å². The van der Waals surface area contributed by atoms with Gasteiger partial charge in [0.1, 0.15) is 18.0 Å². The van der Waals surface area contributed by atoms with E-state index in [0.717, 1.165) is 37.2 Å². The van der Waals surface area contributed by atoms with Crippen molar-refractivity contribution < 1.29 is 0 Å². The van der Waals surface area contributed by atoms with E-state index in [1.165, 1.54) is 38.5 Å². The Balaban J connectivity index is 1.63. The fraction of sp³-hybridized carbons (Fsp3) is 0.733. The van der Waals surface area contributed by atoms with Crippen molar-refractivity contribution in [3.8, 4) is 0 Å². The van der Waals surface area contributed by atoms with Crippen molar-refractivity contribution in [2.75, 3.05) is 36.5 Å². The van der Waals surface area contributed by atoms with Crippen molar-refractivity contribution in [3.63, 3.8) is 0 Å². The molecule has 19 heavy (non-hydrogen) atoms. The van der Waals surface area contributed by atoms with Gasteiger partial charge in [-0.15, -0.1) is 0 Å². The zero-order valence-corrected chi connectivity index (χ0v) is 11.9. The molecule has 1 aromatic heterocycles. The smallest absolute Gasteiger partial charge is 0.134 e. The Morgan fingerprint density at radius 1 is 1.21 bits per heavy atom. The van der Waals surface area contributed by atoms with Crippen LogP contribution in [0.2, 0.25) is 0 Å². The molecule has 104 valence electrons. The molecule has 0 N–H and O–H groups in total. The second-order valence-corrected chi connectivity index (χ2v) is 5.94. The third-order valence-corrected chi connectivity index (χ3v) is 4.28. The zero-order chi connectivity index (χ0) is 13.1. The average molecular weight is 260 g/mol. The molecule has 1 saturated carbocycles. The molecule has 0 aromatic carbocycles. The summed E-state index contributed by atoms with van der Waals surface area (Å²) in [5, 5.41) is 0. The first-order valence-electron chi connectivity index (χ1n) is 7.61. The van der Waals surface area contributed by atoms with Crippen molar-refractivity contribution in [3.05, 3.63) is 12.4 Å². The van der Waals surface area contributed by atoms with Crippen molar-refractivity contribution in [2.45, 2.75) is 38.5 Å². The molecule has 1 aromatic rings. The Bertz CT molecular complexity index is 410. The van der Waals surface area contributed by atoms with Crippen LogP contribution >= 0.6 is 0 Å². The van der Waals surface area contributed by atoms with Crippen LogP contribution in [0.5, 0.6) is 0 Å². The highest BCUT2D eigenvalue weighted by Crippen LogP contribution is 2.32. The van der Waals surface area contributed by atoms with Gasteiger partial charge in [0.2, 0.25) is 0 Å². The molecule has 0 spiro atoms. The number of nitrogens with zero attached hydrogens (tertiary/aromatic N) is 4. The molecular formula is C15H24N4. The van der Waals surface area contributed by atoms with E-state index >= 15 is 0 Å². The summed E-state index contributed by atoms with van der Waals surface area (Å²) in [6.45, 7) is 3.39. The average Bonchev–Trinajstić information content (AvgIpc) is 3.30. The monoisotopic (exact) mass is 260 g/mol. The number of rotatable bonds is 5. The van der Waals surface area contributed by atoms with E-state index in [-0.39, 0.29) is 0 Å². The summed E-state index contributed by atoms with van der Waals surface area (Å²) < 4.78 is 0. The minimum atomic E-state index is 0.978. The van der Waals surface area contributed by atoms with Gasteiger partial charge in [0.15, 0.2) is 0 Å². The number of piperidine rings is 1. The van der Waals surface area contributed by atoms with Crippen LogP contribution < -0.4 is 9.80 Å². The maximum atomic E-state index is 4.44. The van der Waals surface area contributed by atoms with E-state index in [9.17, 15) is 0 Å². The van der Waals surface area contributed by atoms with Crippen LogP contribution in [0.4, 0.5) is 11.6 Å². The quantitative estimate of drug-likeness (QED) is 0.815. The van der Waals surface area contributed by atoms with Crippen LogP contribution in [0, 0.1) is 5.92 Å². The highest BCUT2D eigenvalue weighted by Gasteiger charge is 2.21. The van der Waals surface area contributed by atoms with Gasteiger partial charge in [-0.2, -0.15) is 0 Å². The molecule has 0 radical (unpaired) electrons. The maximum Gasteiger partial charge on any atom is 0.134 e. The zero-order valence-electron chi connectivity index (χ0n) is 11.9. The van der Waals surface area contributed by atoms with Crippen LogP contribution in [0.3, 0.4) is 0 Å². The maximum absolute atomic E-state index is 4.44. The molecule has 0 bridgehead atoms. The van der Waals surface area contributed by atoms with Crippen molar-refractivity contribution in [1.82, 2.24) is 9.97 Å². The predicted molar refractivity (Wildman–Crippen MR) is 78.7 cm³/mol. The highest BCUT2D eigenvalue weighted by molar-refractivity contribution is 5.49. The number of hydrogen-bond acceptors (Lipinski definition) is 4. The fourth-order valence-corrected chi connectivity index (χ4v) is 2.74. The van der Waals surface area contributed by atoms with Gasteiger partial charge in [0.05, 0.1) is 0 Å². The van der Waals surface area contributed by atoms with E-state index < -0.39 is 0 Å². The third kappa shape index (κ3) is 3.37. The molecule has 4 nitrogen and oxygen atoms in total. The molecule has 1 aliphatic heterocycles. The van der Waals surface area contributed by atoms with Gasteiger partial charge in [0.25, 0.3) is 0 Å². The predicted octanol–water partition coefficient (Wildman–Crippen LogP) is 2.70. The van der Waals surface area contributed by atoms with Gasteiger partial charge >= 0.3 is 0 Å². The first-order valence-corrected chi connectivity index (χ1v) is 7.61. The van der Waals surface area contributed by atoms with Crippen LogP contribution in [0.25, 0.3) is 0 Å². The third-order valence-electron chi connectivity index (χ3n) is 4.28. The minimum absolute atomic E-state index is 0.978. The molecule has 2 heterocycles. The molecule has 1 saturated heterocycles. The summed E-state index contributed by atoms with van der Waals surface area (Å²) >= 11 is 0. The second-order valence-electron chi connectivity index (χ2n) is 5.94.